The van der Waals surface area contributed by atoms with Gasteiger partial charge >= 0.3 is 30.7 Å². The summed E-state index contributed by atoms with van der Waals surface area (Å²) in [6, 6.07) is 14.8. The number of hydrogen-bond acceptors (Lipinski definition) is 10. The number of aliphatic hydroxyl groups is 2. The van der Waals surface area contributed by atoms with E-state index in [1.54, 1.807) is 6.07 Å². The van der Waals surface area contributed by atoms with Crippen molar-refractivity contribution in [1.29, 1.82) is 0 Å². The van der Waals surface area contributed by atoms with Gasteiger partial charge in [0.05, 0.1) is 11.4 Å². The van der Waals surface area contributed by atoms with Crippen LogP contribution >= 0.6 is 0 Å². The highest BCUT2D eigenvalue weighted by Crippen LogP contribution is 2.51. The molecule has 2 saturated heterocycles. The smallest absolute Gasteiger partial charge is 0.396 e. The van der Waals surface area contributed by atoms with Crippen molar-refractivity contribution >= 4 is 35.0 Å². The first-order chi connectivity index (χ1) is 36.0. The third kappa shape index (κ3) is 13.4. The molecule has 6 N–H and O–H groups in total. The minimum absolute atomic E-state index is 0.0376. The molecule has 0 unspecified atom stereocenters. The van der Waals surface area contributed by atoms with Crippen LogP contribution in [-0.4, -0.2) is 130 Å². The Kier molecular flexibility index (Phi) is 17.5. The summed E-state index contributed by atoms with van der Waals surface area (Å²) in [5.74, 6) is -1.73. The third-order valence-corrected chi connectivity index (χ3v) is 12.7. The van der Waals surface area contributed by atoms with Crippen molar-refractivity contribution in [3.8, 4) is 0 Å². The van der Waals surface area contributed by atoms with Crippen LogP contribution in [0.25, 0.3) is 0 Å². The molecule has 0 bridgehead atoms. The summed E-state index contributed by atoms with van der Waals surface area (Å²) in [7, 11) is 0. The second-order valence-corrected chi connectivity index (χ2v) is 19.3. The Morgan fingerprint density at radius 1 is 0.551 bits per heavy atom. The number of carbonyl (C=O) groups is 3. The first kappa shape index (κ1) is 60.2. The summed E-state index contributed by atoms with van der Waals surface area (Å²) >= 11 is 0. The molecule has 0 spiro atoms. The van der Waals surface area contributed by atoms with E-state index in [0.717, 1.165) is 36.4 Å². The van der Waals surface area contributed by atoms with Crippen molar-refractivity contribution < 1.29 is 90.6 Å². The van der Waals surface area contributed by atoms with Crippen LogP contribution < -0.4 is 16.4 Å². The van der Waals surface area contributed by atoms with Crippen LogP contribution in [0.5, 0.6) is 0 Å². The van der Waals surface area contributed by atoms with Crippen LogP contribution in [0.15, 0.2) is 95.5 Å². The van der Waals surface area contributed by atoms with Gasteiger partial charge in [0.25, 0.3) is 23.0 Å². The third-order valence-electron chi connectivity index (χ3n) is 12.7. The summed E-state index contributed by atoms with van der Waals surface area (Å²) in [6.07, 6.45) is -23.8. The highest BCUT2D eigenvalue weighted by molar-refractivity contribution is 6.00. The average molecular weight is 1120 g/mol. The molecule has 2 fully saturated rings. The Bertz CT molecular complexity index is 2880. The molecule has 0 aliphatic carbocycles. The molecule has 4 aromatic carbocycles. The van der Waals surface area contributed by atoms with Crippen LogP contribution in [-0.2, 0) is 29.7 Å². The number of nitrogens with one attached hydrogen (secondary N) is 2. The largest absolute Gasteiger partial charge is 0.430 e. The number of hydrogen-bond donors (Lipinski definition) is 5. The van der Waals surface area contributed by atoms with E-state index < -0.39 is 70.6 Å². The number of nitrogen functional groups attached to an aromatic ring is 1. The normalized spacial score (nSPS) is 15.6. The second-order valence-electron chi connectivity index (χ2n) is 19.3. The molecule has 2 aliphatic heterocycles. The van der Waals surface area contributed by atoms with Crippen LogP contribution in [0.3, 0.4) is 0 Å². The molecule has 1 aromatic heterocycles. The van der Waals surface area contributed by atoms with Crippen LogP contribution in [0, 0.1) is 11.6 Å². The van der Waals surface area contributed by atoms with Crippen LogP contribution in [0.2, 0.25) is 0 Å². The Morgan fingerprint density at radius 3 is 1.28 bits per heavy atom. The van der Waals surface area contributed by atoms with Gasteiger partial charge < -0.3 is 35.6 Å². The van der Waals surface area contributed by atoms with Gasteiger partial charge in [-0.1, -0.05) is 74.5 Å². The molecule has 14 nitrogen and oxygen atoms in total. The van der Waals surface area contributed by atoms with E-state index in [1.165, 1.54) is 34.1 Å². The molecule has 78 heavy (non-hydrogen) atoms. The highest BCUT2D eigenvalue weighted by Gasteiger charge is 2.72. The molecule has 0 saturated carbocycles. The van der Waals surface area contributed by atoms with E-state index in [9.17, 15) is 86.1 Å². The van der Waals surface area contributed by atoms with E-state index >= 15 is 0 Å². The highest BCUT2D eigenvalue weighted by atomic mass is 19.4. The molecule has 7 rings (SSSR count). The number of piperazine rings is 2. The Morgan fingerprint density at radius 2 is 0.936 bits per heavy atom. The van der Waals surface area contributed by atoms with Gasteiger partial charge in [-0.3, -0.25) is 24.7 Å². The summed E-state index contributed by atoms with van der Waals surface area (Å²) < 4.78 is 190. The van der Waals surface area contributed by atoms with Crippen molar-refractivity contribution in [2.75, 3.05) is 68.7 Å². The molecule has 4 amide bonds. The van der Waals surface area contributed by atoms with Crippen molar-refractivity contribution in [1.82, 2.24) is 24.8 Å². The monoisotopic (exact) mass is 1120 g/mol. The van der Waals surface area contributed by atoms with Gasteiger partial charge in [0.1, 0.15) is 17.4 Å². The van der Waals surface area contributed by atoms with Crippen molar-refractivity contribution in [3.05, 3.63) is 142 Å². The van der Waals surface area contributed by atoms with Crippen molar-refractivity contribution in [2.45, 2.75) is 75.2 Å². The standard InChI is InChI=1S/C29H30F7N5O4.C21H20F7N3O2/c1-26(2,3)22-15-23(39-45-22)38-25(43)37-21-9-6-18(14-20(21)30)24(42)41-12-10-40(11-13-41)16-17-4-7-19(8-5-17)27(44,28(31,32)33)29(34,35)36;22-16-11-14(3-6-17(16)29)18(32)31-9-7-30(8-10-31)12-13-1-4-15(5-2-13)19(33,20(23,24)25)21(26,27)28/h4-9,14-15,44H,10-13,16H2,1-3H3,(H2,37,38,39,43);1-6,11,33H,7-10,12,29H2. The first-order valence-electron chi connectivity index (χ1n) is 23.4. The number of urea groups is 1. The van der Waals surface area contributed by atoms with Gasteiger partial charge in [0.15, 0.2) is 5.82 Å². The van der Waals surface area contributed by atoms with Crippen LogP contribution in [0.4, 0.5) is 83.5 Å². The minimum Gasteiger partial charge on any atom is -0.396 e. The van der Waals surface area contributed by atoms with Crippen molar-refractivity contribution in [3.63, 3.8) is 0 Å². The molecule has 3 heterocycles. The van der Waals surface area contributed by atoms with E-state index in [0.29, 0.717) is 80.4 Å². The fourth-order valence-corrected chi connectivity index (χ4v) is 8.15. The zero-order valence-electron chi connectivity index (χ0n) is 41.4. The predicted octanol–water partition coefficient (Wildman–Crippen LogP) is 9.70. The Balaban J connectivity index is 0.000000265. The number of nitrogens with zero attached hydrogens (tertiary/aromatic N) is 5. The number of anilines is 3. The van der Waals surface area contributed by atoms with Crippen molar-refractivity contribution in [2.24, 2.45) is 0 Å². The number of rotatable bonds is 10. The number of nitrogens with two attached hydrogens (primary N) is 1. The number of carbonyl (C=O) groups excluding carboxylic acids is 3. The lowest BCUT2D eigenvalue weighted by Gasteiger charge is -2.35. The van der Waals surface area contributed by atoms with E-state index in [1.807, 2.05) is 30.6 Å². The number of benzene rings is 4. The van der Waals surface area contributed by atoms with E-state index in [4.69, 9.17) is 10.3 Å². The quantitative estimate of drug-likeness (QED) is 0.0668. The van der Waals surface area contributed by atoms with Gasteiger partial charge in [0.2, 0.25) is 0 Å². The maximum absolute atomic E-state index is 14.8. The maximum atomic E-state index is 14.8. The van der Waals surface area contributed by atoms with Gasteiger partial charge in [-0.2, -0.15) is 52.7 Å². The molecular weight excluding hydrogens is 1070 g/mol. The molecule has 5 aromatic rings. The minimum atomic E-state index is -5.97. The van der Waals surface area contributed by atoms with Gasteiger partial charge in [-0.25, -0.2) is 13.6 Å². The van der Waals surface area contributed by atoms with Gasteiger partial charge in [0, 0.05) is 99.2 Å². The molecule has 0 atom stereocenters. The van der Waals surface area contributed by atoms with E-state index in [2.05, 4.69) is 15.8 Å². The summed E-state index contributed by atoms with van der Waals surface area (Å²) in [5, 5.41) is 27.5. The number of halogens is 14. The molecular formula is C50H50F14N8O6. The lowest BCUT2D eigenvalue weighted by atomic mass is 9.91. The lowest BCUT2D eigenvalue weighted by molar-refractivity contribution is -0.376. The zero-order chi connectivity index (χ0) is 58.0. The Hall–Kier alpha value is -7.04. The maximum Gasteiger partial charge on any atom is 0.430 e. The fourth-order valence-electron chi connectivity index (χ4n) is 8.15. The average Bonchev–Trinajstić information content (AvgIpc) is 3.85. The Labute approximate surface area is 435 Å². The molecule has 2 aliphatic rings. The second kappa shape index (κ2) is 22.7. The zero-order valence-corrected chi connectivity index (χ0v) is 41.4. The number of alkyl halides is 12. The lowest BCUT2D eigenvalue weighted by Crippen LogP contribution is -2.53. The van der Waals surface area contributed by atoms with E-state index in [-0.39, 0.29) is 65.8 Å². The summed E-state index contributed by atoms with van der Waals surface area (Å²) in [6.45, 7) is 8.54. The number of aromatic nitrogens is 1. The summed E-state index contributed by atoms with van der Waals surface area (Å²) in [5.41, 5.74) is -6.80. The molecule has 28 heteroatoms. The predicted molar refractivity (Wildman–Crippen MR) is 252 cm³/mol. The van der Waals surface area contributed by atoms with Crippen LogP contribution in [0.1, 0.15) is 69.5 Å². The summed E-state index contributed by atoms with van der Waals surface area (Å²) in [4.78, 5) is 44.5. The molecule has 0 radical (unpaired) electrons. The topological polar surface area (TPSA) is 181 Å². The van der Waals surface area contributed by atoms with Gasteiger partial charge in [-0.15, -0.1) is 0 Å². The number of amides is 4. The first-order valence-corrected chi connectivity index (χ1v) is 23.4. The molecule has 424 valence electrons. The SMILES string of the molecule is CC(C)(C)c1cc(NC(=O)Nc2ccc(C(=O)N3CCN(Cc4ccc(C(O)(C(F)(F)F)C(F)(F)F)cc4)CC3)cc2F)no1.Nc1ccc(C(=O)N2CCN(Cc3ccc(C(O)(C(F)(F)F)C(F)(F)F)cc3)CC2)cc1F. The fraction of sp³-hybridized carbons (Fsp3) is 0.400. The van der Waals surface area contributed by atoms with Gasteiger partial charge in [-0.05, 0) is 47.5 Å².